The highest BCUT2D eigenvalue weighted by molar-refractivity contribution is 7.90. The number of hydrogen-bond acceptors (Lipinski definition) is 4. The van der Waals surface area contributed by atoms with Gasteiger partial charge in [0.1, 0.15) is 0 Å². The summed E-state index contributed by atoms with van der Waals surface area (Å²) in [4.78, 5) is 12.7. The van der Waals surface area contributed by atoms with Crippen molar-refractivity contribution in [2.24, 2.45) is 0 Å². The second-order valence-electron chi connectivity index (χ2n) is 4.70. The molecule has 0 fully saturated rings. The molecule has 1 aromatic carbocycles. The van der Waals surface area contributed by atoms with E-state index in [9.17, 15) is 13.2 Å². The molecule has 0 saturated heterocycles. The van der Waals surface area contributed by atoms with Crippen LogP contribution in [0.15, 0.2) is 24.3 Å². The SMILES string of the molecule is CCN(CC)Cc1ccccc1CNS(=O)(=O)CC(=O)O. The Balaban J connectivity index is 2.78. The van der Waals surface area contributed by atoms with E-state index in [0.29, 0.717) is 0 Å². The molecule has 0 atom stereocenters. The first-order valence-electron chi connectivity index (χ1n) is 6.86. The zero-order valence-electron chi connectivity index (χ0n) is 12.4. The van der Waals surface area contributed by atoms with Crippen LogP contribution in [0.2, 0.25) is 0 Å². The Bertz CT molecular complexity index is 568. The van der Waals surface area contributed by atoms with Crippen molar-refractivity contribution in [2.45, 2.75) is 26.9 Å². The molecule has 0 unspecified atom stereocenters. The molecule has 0 amide bonds. The van der Waals surface area contributed by atoms with Gasteiger partial charge in [-0.1, -0.05) is 38.1 Å². The molecule has 0 heterocycles. The van der Waals surface area contributed by atoms with Crippen LogP contribution in [0.25, 0.3) is 0 Å². The third-order valence-electron chi connectivity index (χ3n) is 3.20. The van der Waals surface area contributed by atoms with Crippen molar-refractivity contribution >= 4 is 16.0 Å². The number of aliphatic carboxylic acids is 1. The van der Waals surface area contributed by atoms with Gasteiger partial charge in [0.15, 0.2) is 5.75 Å². The molecule has 6 nitrogen and oxygen atoms in total. The van der Waals surface area contributed by atoms with Crippen LogP contribution >= 0.6 is 0 Å². The van der Waals surface area contributed by atoms with Gasteiger partial charge in [0.25, 0.3) is 0 Å². The van der Waals surface area contributed by atoms with Crippen LogP contribution in [0.1, 0.15) is 25.0 Å². The van der Waals surface area contributed by atoms with E-state index < -0.39 is 21.7 Å². The zero-order valence-corrected chi connectivity index (χ0v) is 13.2. The number of sulfonamides is 1. The minimum absolute atomic E-state index is 0.104. The minimum atomic E-state index is -3.80. The Hall–Kier alpha value is -1.44. The largest absolute Gasteiger partial charge is 0.480 e. The second kappa shape index (κ2) is 8.11. The van der Waals surface area contributed by atoms with Gasteiger partial charge in [0, 0.05) is 13.1 Å². The van der Waals surface area contributed by atoms with Crippen molar-refractivity contribution in [2.75, 3.05) is 18.8 Å². The monoisotopic (exact) mass is 314 g/mol. The number of benzene rings is 1. The summed E-state index contributed by atoms with van der Waals surface area (Å²) >= 11 is 0. The number of nitrogens with one attached hydrogen (secondary N) is 1. The van der Waals surface area contributed by atoms with Crippen molar-refractivity contribution in [1.29, 1.82) is 0 Å². The van der Waals surface area contributed by atoms with Gasteiger partial charge in [0.2, 0.25) is 10.0 Å². The van der Waals surface area contributed by atoms with Crippen molar-refractivity contribution in [3.8, 4) is 0 Å². The molecular formula is C14H22N2O4S. The second-order valence-corrected chi connectivity index (χ2v) is 6.51. The van der Waals surface area contributed by atoms with Gasteiger partial charge >= 0.3 is 5.97 Å². The van der Waals surface area contributed by atoms with Gasteiger partial charge < -0.3 is 5.11 Å². The lowest BCUT2D eigenvalue weighted by atomic mass is 10.1. The van der Waals surface area contributed by atoms with Crippen LogP contribution in [-0.2, 0) is 27.9 Å². The molecule has 0 spiro atoms. The van der Waals surface area contributed by atoms with Gasteiger partial charge in [-0.25, -0.2) is 13.1 Å². The smallest absolute Gasteiger partial charge is 0.320 e. The quantitative estimate of drug-likeness (QED) is 0.711. The summed E-state index contributed by atoms with van der Waals surface area (Å²) in [5.41, 5.74) is 1.90. The van der Waals surface area contributed by atoms with Crippen LogP contribution in [0, 0.1) is 0 Å². The first-order chi connectivity index (χ1) is 9.88. The molecule has 0 saturated carbocycles. The van der Waals surface area contributed by atoms with Crippen LogP contribution in [-0.4, -0.2) is 43.2 Å². The van der Waals surface area contributed by atoms with Gasteiger partial charge in [-0.3, -0.25) is 9.69 Å². The molecule has 118 valence electrons. The van der Waals surface area contributed by atoms with E-state index in [1.54, 1.807) is 0 Å². The van der Waals surface area contributed by atoms with Crippen LogP contribution in [0.3, 0.4) is 0 Å². The molecule has 0 aromatic heterocycles. The first-order valence-corrected chi connectivity index (χ1v) is 8.51. The molecule has 21 heavy (non-hydrogen) atoms. The maximum Gasteiger partial charge on any atom is 0.320 e. The fourth-order valence-electron chi connectivity index (χ4n) is 1.97. The summed E-state index contributed by atoms with van der Waals surface area (Å²) in [5.74, 6) is -2.27. The number of carboxylic acid groups (broad SMARTS) is 1. The number of nitrogens with zero attached hydrogens (tertiary/aromatic N) is 1. The number of hydrogen-bond donors (Lipinski definition) is 2. The van der Waals surface area contributed by atoms with Gasteiger partial charge in [-0.05, 0) is 24.2 Å². The Morgan fingerprint density at radius 1 is 1.19 bits per heavy atom. The molecule has 0 radical (unpaired) electrons. The predicted molar refractivity (Wildman–Crippen MR) is 81.3 cm³/mol. The summed E-state index contributed by atoms with van der Waals surface area (Å²) in [5, 5.41) is 8.56. The Morgan fingerprint density at radius 2 is 1.76 bits per heavy atom. The Morgan fingerprint density at radius 3 is 2.29 bits per heavy atom. The third kappa shape index (κ3) is 6.24. The lowest BCUT2D eigenvalue weighted by Crippen LogP contribution is -2.30. The average molecular weight is 314 g/mol. The van der Waals surface area contributed by atoms with Crippen molar-refractivity contribution in [3.63, 3.8) is 0 Å². The summed E-state index contributed by atoms with van der Waals surface area (Å²) in [7, 11) is -3.80. The lowest BCUT2D eigenvalue weighted by molar-refractivity contribution is -0.134. The minimum Gasteiger partial charge on any atom is -0.480 e. The number of rotatable bonds is 9. The molecule has 0 aliphatic rings. The molecule has 7 heteroatoms. The van der Waals surface area contributed by atoms with E-state index in [4.69, 9.17) is 5.11 Å². The van der Waals surface area contributed by atoms with E-state index in [0.717, 1.165) is 30.8 Å². The highest BCUT2D eigenvalue weighted by Crippen LogP contribution is 2.12. The van der Waals surface area contributed by atoms with E-state index >= 15 is 0 Å². The van der Waals surface area contributed by atoms with E-state index in [2.05, 4.69) is 23.5 Å². The summed E-state index contributed by atoms with van der Waals surface area (Å²) in [6.07, 6.45) is 0. The summed E-state index contributed by atoms with van der Waals surface area (Å²) in [6.45, 7) is 6.81. The maximum absolute atomic E-state index is 11.6. The molecule has 0 bridgehead atoms. The normalized spacial score (nSPS) is 11.8. The highest BCUT2D eigenvalue weighted by atomic mass is 32.2. The Kier molecular flexibility index (Phi) is 6.80. The third-order valence-corrected chi connectivity index (χ3v) is 4.41. The van der Waals surface area contributed by atoms with Gasteiger partial charge in [-0.2, -0.15) is 0 Å². The molecule has 1 rings (SSSR count). The summed E-state index contributed by atoms with van der Waals surface area (Å²) in [6, 6.07) is 7.56. The van der Waals surface area contributed by atoms with Crippen molar-refractivity contribution < 1.29 is 18.3 Å². The molecule has 0 aliphatic carbocycles. The van der Waals surface area contributed by atoms with E-state index in [1.807, 2.05) is 24.3 Å². The van der Waals surface area contributed by atoms with E-state index in [-0.39, 0.29) is 6.54 Å². The van der Waals surface area contributed by atoms with Crippen LogP contribution < -0.4 is 4.72 Å². The molecule has 2 N–H and O–H groups in total. The summed E-state index contributed by atoms with van der Waals surface area (Å²) < 4.78 is 25.4. The maximum atomic E-state index is 11.6. The first kappa shape index (κ1) is 17.6. The van der Waals surface area contributed by atoms with Gasteiger partial charge in [0.05, 0.1) is 0 Å². The average Bonchev–Trinajstić information content (AvgIpc) is 2.42. The van der Waals surface area contributed by atoms with Crippen LogP contribution in [0.4, 0.5) is 0 Å². The molecule has 1 aromatic rings. The zero-order chi connectivity index (χ0) is 15.9. The van der Waals surface area contributed by atoms with Crippen molar-refractivity contribution in [3.05, 3.63) is 35.4 Å². The van der Waals surface area contributed by atoms with E-state index in [1.165, 1.54) is 0 Å². The number of carbonyl (C=O) groups is 1. The van der Waals surface area contributed by atoms with Gasteiger partial charge in [-0.15, -0.1) is 0 Å². The number of carboxylic acids is 1. The molecular weight excluding hydrogens is 292 g/mol. The molecule has 0 aliphatic heterocycles. The van der Waals surface area contributed by atoms with Crippen LogP contribution in [0.5, 0.6) is 0 Å². The standard InChI is InChI=1S/C14H22N2O4S/c1-3-16(4-2)10-13-8-6-5-7-12(13)9-15-21(19,20)11-14(17)18/h5-8,15H,3-4,9-11H2,1-2H3,(H,17,18). The topological polar surface area (TPSA) is 86.7 Å². The fourth-order valence-corrected chi connectivity index (χ4v) is 2.78. The Labute approximate surface area is 125 Å². The lowest BCUT2D eigenvalue weighted by Gasteiger charge is -2.20. The fraction of sp³-hybridized carbons (Fsp3) is 0.500. The highest BCUT2D eigenvalue weighted by Gasteiger charge is 2.16. The predicted octanol–water partition coefficient (Wildman–Crippen LogP) is 1.03. The van der Waals surface area contributed by atoms with Crippen molar-refractivity contribution in [1.82, 2.24) is 9.62 Å².